The predicted molar refractivity (Wildman–Crippen MR) is 62.7 cm³/mol. The van der Waals surface area contributed by atoms with E-state index >= 15 is 0 Å². The van der Waals surface area contributed by atoms with Crippen LogP contribution in [0.25, 0.3) is 0 Å². The molecule has 1 fully saturated rings. The molecule has 1 aliphatic rings. The third-order valence-electron chi connectivity index (χ3n) is 2.87. The molecule has 90 valence electrons. The van der Waals surface area contributed by atoms with Gasteiger partial charge < -0.3 is 9.64 Å². The van der Waals surface area contributed by atoms with Gasteiger partial charge in [-0.3, -0.25) is 9.59 Å². The second-order valence-corrected chi connectivity index (χ2v) is 4.14. The molecule has 0 aromatic heterocycles. The fourth-order valence-corrected chi connectivity index (χ4v) is 1.88. The molecule has 0 bridgehead atoms. The highest BCUT2D eigenvalue weighted by Gasteiger charge is 2.23. The highest BCUT2D eigenvalue weighted by molar-refractivity contribution is 5.92. The Morgan fingerprint density at radius 2 is 1.88 bits per heavy atom. The van der Waals surface area contributed by atoms with E-state index in [1.54, 1.807) is 12.0 Å². The highest BCUT2D eigenvalue weighted by Crippen LogP contribution is 2.15. The molecule has 1 saturated heterocycles. The average molecular weight is 233 g/mol. The Morgan fingerprint density at radius 1 is 1.18 bits per heavy atom. The zero-order valence-electron chi connectivity index (χ0n) is 9.81. The van der Waals surface area contributed by atoms with Crippen molar-refractivity contribution in [3.8, 4) is 5.75 Å². The molecule has 2 rings (SSSR count). The zero-order valence-corrected chi connectivity index (χ0v) is 9.81. The highest BCUT2D eigenvalue weighted by atomic mass is 16.5. The molecule has 0 atom stereocenters. The van der Waals surface area contributed by atoms with Gasteiger partial charge in [-0.1, -0.05) is 12.1 Å². The van der Waals surface area contributed by atoms with E-state index in [9.17, 15) is 9.59 Å². The number of rotatable bonds is 3. The summed E-state index contributed by atoms with van der Waals surface area (Å²) in [6.45, 7) is 0.736. The molecule has 0 radical (unpaired) electrons. The molecule has 0 saturated carbocycles. The SMILES string of the molecule is COc1ccc(CN2CC(=O)CCC2=O)cc1. The summed E-state index contributed by atoms with van der Waals surface area (Å²) in [6, 6.07) is 7.52. The van der Waals surface area contributed by atoms with E-state index < -0.39 is 0 Å². The van der Waals surface area contributed by atoms with Crippen LogP contribution in [0.1, 0.15) is 18.4 Å². The van der Waals surface area contributed by atoms with Crippen LogP contribution in [-0.4, -0.2) is 30.2 Å². The number of methoxy groups -OCH3 is 1. The summed E-state index contributed by atoms with van der Waals surface area (Å²) in [4.78, 5) is 24.5. The van der Waals surface area contributed by atoms with Gasteiger partial charge in [0.2, 0.25) is 5.91 Å². The van der Waals surface area contributed by atoms with Gasteiger partial charge in [0.15, 0.2) is 5.78 Å². The quantitative estimate of drug-likeness (QED) is 0.792. The van der Waals surface area contributed by atoms with Crippen LogP contribution < -0.4 is 4.74 Å². The number of likely N-dealkylation sites (tertiary alicyclic amines) is 1. The van der Waals surface area contributed by atoms with E-state index in [1.807, 2.05) is 24.3 Å². The molecule has 0 unspecified atom stereocenters. The number of benzene rings is 1. The lowest BCUT2D eigenvalue weighted by Gasteiger charge is -2.25. The molecule has 1 aliphatic heterocycles. The van der Waals surface area contributed by atoms with Crippen LogP contribution in [0.2, 0.25) is 0 Å². The maximum atomic E-state index is 11.6. The van der Waals surface area contributed by atoms with Gasteiger partial charge >= 0.3 is 0 Å². The summed E-state index contributed by atoms with van der Waals surface area (Å²) in [7, 11) is 1.61. The molecule has 1 aromatic carbocycles. The Labute approximate surface area is 100 Å². The number of hydrogen-bond acceptors (Lipinski definition) is 3. The van der Waals surface area contributed by atoms with Crippen LogP contribution in [0, 0.1) is 0 Å². The van der Waals surface area contributed by atoms with E-state index in [-0.39, 0.29) is 18.2 Å². The van der Waals surface area contributed by atoms with Crippen molar-refractivity contribution in [3.63, 3.8) is 0 Å². The molecule has 4 heteroatoms. The molecule has 4 nitrogen and oxygen atoms in total. The number of amides is 1. The molecule has 1 aromatic rings. The Balaban J connectivity index is 2.03. The van der Waals surface area contributed by atoms with Gasteiger partial charge in [0.25, 0.3) is 0 Å². The lowest BCUT2D eigenvalue weighted by atomic mass is 10.1. The standard InChI is InChI=1S/C13H15NO3/c1-17-12-5-2-10(3-6-12)8-14-9-11(15)4-7-13(14)16/h2-3,5-6H,4,7-9H2,1H3. The van der Waals surface area contributed by atoms with Gasteiger partial charge in [-0.15, -0.1) is 0 Å². The molecule has 1 heterocycles. The molecular weight excluding hydrogens is 218 g/mol. The molecule has 0 N–H and O–H groups in total. The molecule has 17 heavy (non-hydrogen) atoms. The summed E-state index contributed by atoms with van der Waals surface area (Å²) in [5, 5.41) is 0. The van der Waals surface area contributed by atoms with Gasteiger partial charge in [-0.2, -0.15) is 0 Å². The first-order chi connectivity index (χ1) is 8.19. The minimum absolute atomic E-state index is 0.0559. The third kappa shape index (κ3) is 2.84. The Kier molecular flexibility index (Phi) is 3.42. The van der Waals surface area contributed by atoms with E-state index in [1.165, 1.54) is 0 Å². The van der Waals surface area contributed by atoms with Crippen molar-refractivity contribution >= 4 is 11.7 Å². The predicted octanol–water partition coefficient (Wildman–Crippen LogP) is 1.39. The van der Waals surface area contributed by atoms with Gasteiger partial charge in [-0.25, -0.2) is 0 Å². The Bertz CT molecular complexity index is 425. The second kappa shape index (κ2) is 4.99. The van der Waals surface area contributed by atoms with Gasteiger partial charge in [0, 0.05) is 19.4 Å². The van der Waals surface area contributed by atoms with Crippen molar-refractivity contribution in [3.05, 3.63) is 29.8 Å². The number of piperidine rings is 1. The first kappa shape index (κ1) is 11.6. The van der Waals surface area contributed by atoms with Crippen molar-refractivity contribution in [2.75, 3.05) is 13.7 Å². The van der Waals surface area contributed by atoms with Crippen molar-refractivity contribution in [2.45, 2.75) is 19.4 Å². The van der Waals surface area contributed by atoms with E-state index in [2.05, 4.69) is 0 Å². The number of hydrogen-bond donors (Lipinski definition) is 0. The van der Waals surface area contributed by atoms with E-state index in [0.29, 0.717) is 19.4 Å². The normalized spacial score (nSPS) is 16.2. The molecule has 0 aliphatic carbocycles. The summed E-state index contributed by atoms with van der Waals surface area (Å²) < 4.78 is 5.06. The Morgan fingerprint density at radius 3 is 2.53 bits per heavy atom. The number of Topliss-reactive ketones (excluding diaryl/α,β-unsaturated/α-hetero) is 1. The zero-order chi connectivity index (χ0) is 12.3. The van der Waals surface area contributed by atoms with Crippen molar-refractivity contribution in [2.24, 2.45) is 0 Å². The first-order valence-corrected chi connectivity index (χ1v) is 5.61. The monoisotopic (exact) mass is 233 g/mol. The van der Waals surface area contributed by atoms with Crippen molar-refractivity contribution in [1.82, 2.24) is 4.90 Å². The summed E-state index contributed by atoms with van der Waals surface area (Å²) in [5.41, 5.74) is 1.01. The topological polar surface area (TPSA) is 46.6 Å². The fraction of sp³-hybridized carbons (Fsp3) is 0.385. The second-order valence-electron chi connectivity index (χ2n) is 4.14. The van der Waals surface area contributed by atoms with Gasteiger partial charge in [0.05, 0.1) is 13.7 Å². The molecule has 0 spiro atoms. The smallest absolute Gasteiger partial charge is 0.223 e. The number of carbonyl (C=O) groups excluding carboxylic acids is 2. The molecule has 1 amide bonds. The number of nitrogens with zero attached hydrogens (tertiary/aromatic N) is 1. The summed E-state index contributed by atoms with van der Waals surface area (Å²) in [6.07, 6.45) is 0.729. The lowest BCUT2D eigenvalue weighted by Crippen LogP contribution is -2.39. The number of ketones is 1. The van der Waals surface area contributed by atoms with Crippen LogP contribution in [0.5, 0.6) is 5.75 Å². The average Bonchev–Trinajstić information content (AvgIpc) is 2.35. The maximum Gasteiger partial charge on any atom is 0.223 e. The number of carbonyl (C=O) groups is 2. The van der Waals surface area contributed by atoms with Gasteiger partial charge in [-0.05, 0) is 17.7 Å². The van der Waals surface area contributed by atoms with Crippen LogP contribution in [0.15, 0.2) is 24.3 Å². The van der Waals surface area contributed by atoms with Crippen LogP contribution in [0.4, 0.5) is 0 Å². The summed E-state index contributed by atoms with van der Waals surface area (Å²) in [5.74, 6) is 0.980. The van der Waals surface area contributed by atoms with E-state index in [4.69, 9.17) is 4.74 Å². The fourth-order valence-electron chi connectivity index (χ4n) is 1.88. The molecular formula is C13H15NO3. The first-order valence-electron chi connectivity index (χ1n) is 5.61. The Hall–Kier alpha value is -1.84. The van der Waals surface area contributed by atoms with E-state index in [0.717, 1.165) is 11.3 Å². The van der Waals surface area contributed by atoms with Crippen LogP contribution in [-0.2, 0) is 16.1 Å². The maximum absolute atomic E-state index is 11.6. The van der Waals surface area contributed by atoms with Crippen molar-refractivity contribution in [1.29, 1.82) is 0 Å². The van der Waals surface area contributed by atoms with Crippen LogP contribution >= 0.6 is 0 Å². The number of ether oxygens (including phenoxy) is 1. The minimum Gasteiger partial charge on any atom is -0.497 e. The largest absolute Gasteiger partial charge is 0.497 e. The van der Waals surface area contributed by atoms with Crippen LogP contribution in [0.3, 0.4) is 0 Å². The van der Waals surface area contributed by atoms with Crippen molar-refractivity contribution < 1.29 is 14.3 Å². The lowest BCUT2D eigenvalue weighted by molar-refractivity contribution is -0.140. The third-order valence-corrected chi connectivity index (χ3v) is 2.87. The summed E-state index contributed by atoms with van der Waals surface area (Å²) >= 11 is 0. The minimum atomic E-state index is 0.0559. The van der Waals surface area contributed by atoms with Gasteiger partial charge in [0.1, 0.15) is 5.75 Å².